The molecule has 2 aromatic carbocycles. The summed E-state index contributed by atoms with van der Waals surface area (Å²) in [6, 6.07) is 11.4. The monoisotopic (exact) mass is 349 g/mol. The van der Waals surface area contributed by atoms with Crippen LogP contribution in [-0.2, 0) is 6.42 Å². The van der Waals surface area contributed by atoms with Crippen LogP contribution < -0.4 is 20.9 Å². The number of aryl methyl sites for hydroxylation is 1. The number of nitrogens with zero attached hydrogens (tertiary/aromatic N) is 1. The predicted octanol–water partition coefficient (Wildman–Crippen LogP) is 2.25. The number of ether oxygens (including phenoxy) is 2. The number of hydrogen-bond acceptors (Lipinski definition) is 3. The largest absolute Gasteiger partial charge is 0.486 e. The van der Waals surface area contributed by atoms with E-state index in [2.05, 4.69) is 11.1 Å². The molecule has 6 heteroatoms. The van der Waals surface area contributed by atoms with Gasteiger partial charge in [-0.3, -0.25) is 4.79 Å². The molecule has 4 N–H and O–H groups in total. The SMILES string of the molecule is NC(N)=NC(=O)c1ccc2c(c1)C(c1cccc3c1OCCO3)=CCC2. The molecular weight excluding hydrogens is 330 g/mol. The summed E-state index contributed by atoms with van der Waals surface area (Å²) < 4.78 is 11.6. The van der Waals surface area contributed by atoms with Crippen molar-refractivity contribution in [1.82, 2.24) is 0 Å². The van der Waals surface area contributed by atoms with Crippen LogP contribution in [0.5, 0.6) is 11.5 Å². The molecule has 0 saturated heterocycles. The number of allylic oxidation sites excluding steroid dienone is 1. The average molecular weight is 349 g/mol. The first-order valence-corrected chi connectivity index (χ1v) is 8.50. The van der Waals surface area contributed by atoms with Crippen LogP contribution in [0.4, 0.5) is 0 Å². The van der Waals surface area contributed by atoms with Crippen molar-refractivity contribution in [2.45, 2.75) is 12.8 Å². The standard InChI is InChI=1S/C20H19N3O3/c21-20(22)23-19(24)13-8-7-12-3-1-4-14(16(12)11-13)15-5-2-6-17-18(15)26-10-9-25-17/h2,4-8,11H,1,3,9-10H2,(H4,21,22,23,24). The number of carbonyl (C=O) groups is 1. The molecule has 0 bridgehead atoms. The summed E-state index contributed by atoms with van der Waals surface area (Å²) in [6.07, 6.45) is 4.01. The van der Waals surface area contributed by atoms with E-state index in [0.717, 1.165) is 41.0 Å². The van der Waals surface area contributed by atoms with Crippen molar-refractivity contribution in [1.29, 1.82) is 0 Å². The number of carbonyl (C=O) groups excluding carboxylic acids is 1. The summed E-state index contributed by atoms with van der Waals surface area (Å²) in [5.41, 5.74) is 15.3. The molecule has 0 atom stereocenters. The third kappa shape index (κ3) is 2.90. The van der Waals surface area contributed by atoms with Crippen molar-refractivity contribution >= 4 is 17.4 Å². The molecule has 6 nitrogen and oxygen atoms in total. The van der Waals surface area contributed by atoms with E-state index in [1.807, 2.05) is 30.3 Å². The van der Waals surface area contributed by atoms with Gasteiger partial charge in [-0.05, 0) is 47.7 Å². The summed E-state index contributed by atoms with van der Waals surface area (Å²) in [5, 5.41) is 0. The Hall–Kier alpha value is -3.28. The molecule has 0 unspecified atom stereocenters. The molecule has 1 amide bonds. The molecule has 2 aliphatic rings. The van der Waals surface area contributed by atoms with E-state index in [9.17, 15) is 4.79 Å². The number of para-hydroxylation sites is 1. The smallest absolute Gasteiger partial charge is 0.280 e. The molecule has 0 fully saturated rings. The van der Waals surface area contributed by atoms with Crippen LogP contribution in [0.15, 0.2) is 47.5 Å². The minimum atomic E-state index is -0.451. The minimum Gasteiger partial charge on any atom is -0.486 e. The van der Waals surface area contributed by atoms with Crippen molar-refractivity contribution in [3.05, 3.63) is 64.7 Å². The summed E-state index contributed by atoms with van der Waals surface area (Å²) in [6.45, 7) is 1.07. The summed E-state index contributed by atoms with van der Waals surface area (Å²) >= 11 is 0. The Balaban J connectivity index is 1.81. The highest BCUT2D eigenvalue weighted by Gasteiger charge is 2.23. The number of benzene rings is 2. The zero-order valence-corrected chi connectivity index (χ0v) is 14.2. The van der Waals surface area contributed by atoms with Gasteiger partial charge in [0.15, 0.2) is 17.5 Å². The second-order valence-corrected chi connectivity index (χ2v) is 6.20. The number of amides is 1. The minimum absolute atomic E-state index is 0.244. The molecule has 26 heavy (non-hydrogen) atoms. The van der Waals surface area contributed by atoms with Gasteiger partial charge >= 0.3 is 0 Å². The van der Waals surface area contributed by atoms with Gasteiger partial charge in [0, 0.05) is 11.1 Å². The van der Waals surface area contributed by atoms with Gasteiger partial charge in [-0.1, -0.05) is 24.3 Å². The van der Waals surface area contributed by atoms with Crippen molar-refractivity contribution < 1.29 is 14.3 Å². The third-order valence-electron chi connectivity index (χ3n) is 4.50. The molecular formula is C20H19N3O3. The van der Waals surface area contributed by atoms with Gasteiger partial charge < -0.3 is 20.9 Å². The molecule has 0 saturated carbocycles. The molecule has 1 aliphatic carbocycles. The highest BCUT2D eigenvalue weighted by atomic mass is 16.6. The van der Waals surface area contributed by atoms with Crippen LogP contribution in [0.1, 0.15) is 33.5 Å². The Morgan fingerprint density at radius 2 is 1.88 bits per heavy atom. The van der Waals surface area contributed by atoms with Crippen molar-refractivity contribution in [2.24, 2.45) is 16.5 Å². The van der Waals surface area contributed by atoms with Crippen LogP contribution in [-0.4, -0.2) is 25.1 Å². The number of nitrogens with two attached hydrogens (primary N) is 2. The van der Waals surface area contributed by atoms with Gasteiger partial charge in [0.1, 0.15) is 13.2 Å². The Kier molecular flexibility index (Phi) is 4.08. The van der Waals surface area contributed by atoms with E-state index in [1.165, 1.54) is 5.56 Å². The topological polar surface area (TPSA) is 99.9 Å². The fourth-order valence-corrected chi connectivity index (χ4v) is 3.38. The lowest BCUT2D eigenvalue weighted by atomic mass is 9.85. The maximum atomic E-state index is 12.2. The summed E-state index contributed by atoms with van der Waals surface area (Å²) in [7, 11) is 0. The Labute approximate surface area is 151 Å². The van der Waals surface area contributed by atoms with E-state index in [4.69, 9.17) is 20.9 Å². The van der Waals surface area contributed by atoms with Gasteiger partial charge in [0.05, 0.1) is 0 Å². The van der Waals surface area contributed by atoms with E-state index in [0.29, 0.717) is 18.8 Å². The quantitative estimate of drug-likeness (QED) is 0.640. The molecule has 2 aromatic rings. The lowest BCUT2D eigenvalue weighted by Gasteiger charge is -2.24. The van der Waals surface area contributed by atoms with Gasteiger partial charge in [0.25, 0.3) is 5.91 Å². The maximum absolute atomic E-state index is 12.2. The highest BCUT2D eigenvalue weighted by molar-refractivity contribution is 6.03. The lowest BCUT2D eigenvalue weighted by Crippen LogP contribution is -2.24. The van der Waals surface area contributed by atoms with Crippen LogP contribution in [0.2, 0.25) is 0 Å². The second-order valence-electron chi connectivity index (χ2n) is 6.20. The number of fused-ring (bicyclic) bond motifs is 2. The number of hydrogen-bond donors (Lipinski definition) is 2. The van der Waals surface area contributed by atoms with Gasteiger partial charge in [-0.2, -0.15) is 4.99 Å². The summed E-state index contributed by atoms with van der Waals surface area (Å²) in [5.74, 6) is 0.798. The van der Waals surface area contributed by atoms with E-state index in [1.54, 1.807) is 6.07 Å². The van der Waals surface area contributed by atoms with E-state index >= 15 is 0 Å². The molecule has 0 aromatic heterocycles. The van der Waals surface area contributed by atoms with Crippen molar-refractivity contribution in [3.8, 4) is 11.5 Å². The maximum Gasteiger partial charge on any atom is 0.280 e. The van der Waals surface area contributed by atoms with Crippen LogP contribution in [0, 0.1) is 0 Å². The van der Waals surface area contributed by atoms with E-state index in [-0.39, 0.29) is 5.96 Å². The van der Waals surface area contributed by atoms with Crippen molar-refractivity contribution in [3.63, 3.8) is 0 Å². The zero-order chi connectivity index (χ0) is 18.1. The third-order valence-corrected chi connectivity index (χ3v) is 4.50. The highest BCUT2D eigenvalue weighted by Crippen LogP contribution is 2.42. The van der Waals surface area contributed by atoms with Crippen LogP contribution in [0.25, 0.3) is 5.57 Å². The van der Waals surface area contributed by atoms with Gasteiger partial charge in [-0.25, -0.2) is 0 Å². The van der Waals surface area contributed by atoms with Gasteiger partial charge in [0.2, 0.25) is 0 Å². The van der Waals surface area contributed by atoms with Crippen LogP contribution >= 0.6 is 0 Å². The molecule has 4 rings (SSSR count). The molecule has 0 spiro atoms. The fraction of sp³-hybridized carbons (Fsp3) is 0.200. The molecule has 1 heterocycles. The lowest BCUT2D eigenvalue weighted by molar-refractivity contribution is 0.100. The van der Waals surface area contributed by atoms with E-state index < -0.39 is 5.91 Å². The normalized spacial score (nSPS) is 14.8. The Morgan fingerprint density at radius 1 is 1.04 bits per heavy atom. The first-order chi connectivity index (χ1) is 12.6. The molecule has 132 valence electrons. The molecule has 1 aliphatic heterocycles. The number of guanidine groups is 1. The van der Waals surface area contributed by atoms with Crippen LogP contribution in [0.3, 0.4) is 0 Å². The van der Waals surface area contributed by atoms with Crippen molar-refractivity contribution in [2.75, 3.05) is 13.2 Å². The number of rotatable bonds is 2. The summed E-state index contributed by atoms with van der Waals surface area (Å²) in [4.78, 5) is 15.8. The second kappa shape index (κ2) is 6.55. The number of aliphatic imine (C=N–C) groups is 1. The Bertz CT molecular complexity index is 943. The Morgan fingerprint density at radius 3 is 2.73 bits per heavy atom. The van der Waals surface area contributed by atoms with Gasteiger partial charge in [-0.15, -0.1) is 0 Å². The first-order valence-electron chi connectivity index (χ1n) is 8.50. The molecule has 0 radical (unpaired) electrons. The predicted molar refractivity (Wildman–Crippen MR) is 99.4 cm³/mol. The average Bonchev–Trinajstić information content (AvgIpc) is 2.66. The fourth-order valence-electron chi connectivity index (χ4n) is 3.38. The first kappa shape index (κ1) is 16.2. The zero-order valence-electron chi connectivity index (χ0n) is 14.2.